The second kappa shape index (κ2) is 6.02. The molecule has 0 saturated carbocycles. The Balaban J connectivity index is 1.77. The van der Waals surface area contributed by atoms with Crippen LogP contribution >= 0.6 is 0 Å². The molecule has 2 heteroatoms. The minimum atomic E-state index is -0.303. The predicted molar refractivity (Wildman–Crippen MR) is 66.3 cm³/mol. The fourth-order valence-electron chi connectivity index (χ4n) is 2.33. The van der Waals surface area contributed by atoms with Crippen molar-refractivity contribution in [3.05, 3.63) is 35.9 Å². The molecule has 1 aromatic carbocycles. The fraction of sp³-hybridized carbons (Fsp3) is 0.571. The quantitative estimate of drug-likeness (QED) is 0.841. The molecule has 2 rings (SSSR count). The average Bonchev–Trinajstić information content (AvgIpc) is 2.38. The number of likely N-dealkylation sites (tertiary alicyclic amines) is 1. The van der Waals surface area contributed by atoms with Crippen LogP contribution in [0, 0.1) is 0 Å². The first kappa shape index (κ1) is 11.6. The van der Waals surface area contributed by atoms with Gasteiger partial charge in [-0.15, -0.1) is 0 Å². The second-order valence-electron chi connectivity index (χ2n) is 4.62. The number of benzene rings is 1. The minimum Gasteiger partial charge on any atom is -0.388 e. The maximum absolute atomic E-state index is 10.0. The molecule has 16 heavy (non-hydrogen) atoms. The zero-order chi connectivity index (χ0) is 11.2. The zero-order valence-corrected chi connectivity index (χ0v) is 9.81. The molecule has 0 unspecified atom stereocenters. The maximum Gasteiger partial charge on any atom is 0.0802 e. The van der Waals surface area contributed by atoms with Gasteiger partial charge in [0.2, 0.25) is 0 Å². The van der Waals surface area contributed by atoms with Crippen LogP contribution in [0.2, 0.25) is 0 Å². The van der Waals surface area contributed by atoms with Gasteiger partial charge in [-0.2, -0.15) is 0 Å². The van der Waals surface area contributed by atoms with Gasteiger partial charge in [0.25, 0.3) is 0 Å². The molecule has 1 aliphatic heterocycles. The Morgan fingerprint density at radius 2 is 1.75 bits per heavy atom. The number of aliphatic hydroxyl groups excluding tert-OH is 1. The van der Waals surface area contributed by atoms with Gasteiger partial charge in [-0.05, 0) is 37.9 Å². The van der Waals surface area contributed by atoms with Gasteiger partial charge >= 0.3 is 0 Å². The third-order valence-corrected chi connectivity index (χ3v) is 3.35. The normalized spacial score (nSPS) is 19.6. The highest BCUT2D eigenvalue weighted by atomic mass is 16.3. The Morgan fingerprint density at radius 3 is 2.44 bits per heavy atom. The van der Waals surface area contributed by atoms with E-state index in [9.17, 15) is 5.11 Å². The molecule has 0 spiro atoms. The Bertz CT molecular complexity index is 293. The van der Waals surface area contributed by atoms with Crippen LogP contribution < -0.4 is 0 Å². The summed E-state index contributed by atoms with van der Waals surface area (Å²) in [5.41, 5.74) is 1.04. The standard InChI is InChI=1S/C14H21NO/c16-14(13-7-3-1-4-8-13)9-12-15-10-5-2-6-11-15/h1,3-4,7-8,14,16H,2,5-6,9-12H2/t14-/m0/s1. The SMILES string of the molecule is O[C@@H](CCN1CCCCC1)c1ccccc1. The largest absolute Gasteiger partial charge is 0.388 e. The molecule has 1 atom stereocenters. The smallest absolute Gasteiger partial charge is 0.0802 e. The van der Waals surface area contributed by atoms with Gasteiger partial charge < -0.3 is 10.0 Å². The van der Waals surface area contributed by atoms with Crippen molar-refractivity contribution in [3.63, 3.8) is 0 Å². The van der Waals surface area contributed by atoms with Crippen molar-refractivity contribution in [1.82, 2.24) is 4.90 Å². The predicted octanol–water partition coefficient (Wildman–Crippen LogP) is 2.60. The van der Waals surface area contributed by atoms with Gasteiger partial charge in [0, 0.05) is 6.54 Å². The molecule has 1 saturated heterocycles. The fourth-order valence-corrected chi connectivity index (χ4v) is 2.33. The Labute approximate surface area is 97.9 Å². The number of hydrogen-bond acceptors (Lipinski definition) is 2. The van der Waals surface area contributed by atoms with E-state index in [-0.39, 0.29) is 6.10 Å². The van der Waals surface area contributed by atoms with E-state index in [1.165, 1.54) is 32.4 Å². The van der Waals surface area contributed by atoms with Gasteiger partial charge in [-0.1, -0.05) is 36.8 Å². The lowest BCUT2D eigenvalue weighted by molar-refractivity contribution is 0.134. The highest BCUT2D eigenvalue weighted by molar-refractivity contribution is 5.17. The molecule has 1 heterocycles. The summed E-state index contributed by atoms with van der Waals surface area (Å²) in [6.07, 6.45) is 4.56. The lowest BCUT2D eigenvalue weighted by Gasteiger charge is -2.27. The Kier molecular flexibility index (Phi) is 4.37. The molecular weight excluding hydrogens is 198 g/mol. The number of nitrogens with zero attached hydrogens (tertiary/aromatic N) is 1. The highest BCUT2D eigenvalue weighted by Crippen LogP contribution is 2.17. The monoisotopic (exact) mass is 219 g/mol. The third kappa shape index (κ3) is 3.32. The third-order valence-electron chi connectivity index (χ3n) is 3.35. The van der Waals surface area contributed by atoms with E-state index in [1.807, 2.05) is 30.3 Å². The second-order valence-corrected chi connectivity index (χ2v) is 4.62. The van der Waals surface area contributed by atoms with Gasteiger partial charge in [-0.3, -0.25) is 0 Å². The molecule has 1 aromatic rings. The van der Waals surface area contributed by atoms with Gasteiger partial charge in [0.05, 0.1) is 6.10 Å². The van der Waals surface area contributed by atoms with E-state index in [0.717, 1.165) is 18.5 Å². The van der Waals surface area contributed by atoms with Crippen LogP contribution in [0.15, 0.2) is 30.3 Å². The Morgan fingerprint density at radius 1 is 1.06 bits per heavy atom. The highest BCUT2D eigenvalue weighted by Gasteiger charge is 2.12. The molecule has 1 aliphatic rings. The first-order chi connectivity index (χ1) is 7.86. The first-order valence-corrected chi connectivity index (χ1v) is 6.31. The summed E-state index contributed by atoms with van der Waals surface area (Å²) in [4.78, 5) is 2.47. The van der Waals surface area contributed by atoms with Crippen molar-refractivity contribution in [2.75, 3.05) is 19.6 Å². The summed E-state index contributed by atoms with van der Waals surface area (Å²) < 4.78 is 0. The van der Waals surface area contributed by atoms with Crippen LogP contribution in [-0.2, 0) is 0 Å². The van der Waals surface area contributed by atoms with E-state index in [2.05, 4.69) is 4.90 Å². The molecule has 1 fully saturated rings. The number of hydrogen-bond donors (Lipinski definition) is 1. The van der Waals surface area contributed by atoms with Crippen molar-refractivity contribution in [3.8, 4) is 0 Å². The molecule has 0 bridgehead atoms. The molecule has 0 aliphatic carbocycles. The lowest BCUT2D eigenvalue weighted by atomic mass is 10.1. The minimum absolute atomic E-state index is 0.303. The molecule has 88 valence electrons. The van der Waals surface area contributed by atoms with Crippen LogP contribution in [0.4, 0.5) is 0 Å². The molecular formula is C14H21NO. The zero-order valence-electron chi connectivity index (χ0n) is 9.81. The van der Waals surface area contributed by atoms with Crippen LogP contribution in [0.3, 0.4) is 0 Å². The molecule has 0 amide bonds. The van der Waals surface area contributed by atoms with Crippen molar-refractivity contribution < 1.29 is 5.11 Å². The first-order valence-electron chi connectivity index (χ1n) is 6.31. The van der Waals surface area contributed by atoms with Crippen molar-refractivity contribution >= 4 is 0 Å². The summed E-state index contributed by atoms with van der Waals surface area (Å²) in [7, 11) is 0. The van der Waals surface area contributed by atoms with Crippen LogP contribution in [0.25, 0.3) is 0 Å². The van der Waals surface area contributed by atoms with Crippen LogP contribution in [-0.4, -0.2) is 29.6 Å². The summed E-state index contributed by atoms with van der Waals surface area (Å²) in [6.45, 7) is 3.44. The summed E-state index contributed by atoms with van der Waals surface area (Å²) in [5.74, 6) is 0. The van der Waals surface area contributed by atoms with E-state index in [0.29, 0.717) is 0 Å². The van der Waals surface area contributed by atoms with Crippen molar-refractivity contribution in [1.29, 1.82) is 0 Å². The summed E-state index contributed by atoms with van der Waals surface area (Å²) >= 11 is 0. The average molecular weight is 219 g/mol. The lowest BCUT2D eigenvalue weighted by Crippen LogP contribution is -2.31. The molecule has 0 radical (unpaired) electrons. The number of rotatable bonds is 4. The van der Waals surface area contributed by atoms with Gasteiger partial charge in [-0.25, -0.2) is 0 Å². The van der Waals surface area contributed by atoms with E-state index < -0.39 is 0 Å². The summed E-state index contributed by atoms with van der Waals surface area (Å²) in [5, 5.41) is 10.0. The van der Waals surface area contributed by atoms with Crippen molar-refractivity contribution in [2.24, 2.45) is 0 Å². The van der Waals surface area contributed by atoms with Crippen molar-refractivity contribution in [2.45, 2.75) is 31.8 Å². The topological polar surface area (TPSA) is 23.5 Å². The molecule has 2 nitrogen and oxygen atoms in total. The maximum atomic E-state index is 10.0. The van der Waals surface area contributed by atoms with Crippen LogP contribution in [0.1, 0.15) is 37.4 Å². The molecule has 1 N–H and O–H groups in total. The van der Waals surface area contributed by atoms with Gasteiger partial charge in [0.15, 0.2) is 0 Å². The van der Waals surface area contributed by atoms with Gasteiger partial charge in [0.1, 0.15) is 0 Å². The van der Waals surface area contributed by atoms with E-state index >= 15 is 0 Å². The number of piperidine rings is 1. The summed E-state index contributed by atoms with van der Waals surface area (Å²) in [6, 6.07) is 9.96. The van der Waals surface area contributed by atoms with Crippen LogP contribution in [0.5, 0.6) is 0 Å². The molecule has 0 aromatic heterocycles. The number of aliphatic hydroxyl groups is 1. The van der Waals surface area contributed by atoms with E-state index in [4.69, 9.17) is 0 Å². The Hall–Kier alpha value is -0.860. The van der Waals surface area contributed by atoms with E-state index in [1.54, 1.807) is 0 Å².